The van der Waals surface area contributed by atoms with Crippen molar-refractivity contribution in [2.45, 2.75) is 38.9 Å². The van der Waals surface area contributed by atoms with E-state index >= 15 is 0 Å². The van der Waals surface area contributed by atoms with Crippen LogP contribution in [0.5, 0.6) is 5.75 Å². The van der Waals surface area contributed by atoms with Crippen molar-refractivity contribution in [3.63, 3.8) is 0 Å². The van der Waals surface area contributed by atoms with Gasteiger partial charge in [0.15, 0.2) is 5.60 Å². The first-order chi connectivity index (χ1) is 11.6. The van der Waals surface area contributed by atoms with Gasteiger partial charge in [-0.2, -0.15) is 0 Å². The molecule has 1 N–H and O–H groups in total. The van der Waals surface area contributed by atoms with Crippen LogP contribution in [0.2, 0.25) is 0 Å². The number of carboxylic acids is 1. The molecule has 2 aromatic rings. The van der Waals surface area contributed by atoms with E-state index in [0.29, 0.717) is 26.1 Å². The lowest BCUT2D eigenvalue weighted by atomic mass is 9.91. The molecule has 0 saturated heterocycles. The van der Waals surface area contributed by atoms with Crippen LogP contribution in [0, 0.1) is 0 Å². The third-order valence-electron chi connectivity index (χ3n) is 4.04. The molecule has 4 nitrogen and oxygen atoms in total. The highest BCUT2D eigenvalue weighted by molar-refractivity contribution is 5.78. The normalized spacial score (nSPS) is 13.2. The van der Waals surface area contributed by atoms with Crippen molar-refractivity contribution in [3.05, 3.63) is 65.7 Å². The maximum absolute atomic E-state index is 11.6. The molecule has 0 amide bonds. The monoisotopic (exact) mass is 328 g/mol. The Morgan fingerprint density at radius 2 is 1.67 bits per heavy atom. The van der Waals surface area contributed by atoms with Gasteiger partial charge < -0.3 is 14.6 Å². The molecule has 0 aliphatic heterocycles. The summed E-state index contributed by atoms with van der Waals surface area (Å²) in [5.41, 5.74) is 0.856. The van der Waals surface area contributed by atoms with E-state index < -0.39 is 11.6 Å². The Labute approximate surface area is 143 Å². The average Bonchev–Trinajstić information content (AvgIpc) is 2.61. The summed E-state index contributed by atoms with van der Waals surface area (Å²) in [6.45, 7) is 4.53. The molecule has 0 heterocycles. The van der Waals surface area contributed by atoms with Crippen LogP contribution in [-0.4, -0.2) is 23.3 Å². The highest BCUT2D eigenvalue weighted by Crippen LogP contribution is 2.24. The van der Waals surface area contributed by atoms with Crippen LogP contribution in [0.4, 0.5) is 0 Å². The molecule has 0 radical (unpaired) electrons. The van der Waals surface area contributed by atoms with Gasteiger partial charge in [0.2, 0.25) is 0 Å². The van der Waals surface area contributed by atoms with Gasteiger partial charge in [-0.15, -0.1) is 0 Å². The predicted molar refractivity (Wildman–Crippen MR) is 93.2 cm³/mol. The Kier molecular flexibility index (Phi) is 6.38. The SMILES string of the molecule is CCO[C@@](CC)(Cc1ccc(OCc2ccccc2)cc1)C(=O)O. The Morgan fingerprint density at radius 3 is 2.21 bits per heavy atom. The van der Waals surface area contributed by atoms with E-state index in [1.807, 2.05) is 68.4 Å². The first kappa shape index (κ1) is 18.0. The van der Waals surface area contributed by atoms with Gasteiger partial charge in [-0.25, -0.2) is 4.79 Å². The van der Waals surface area contributed by atoms with Gasteiger partial charge in [0.05, 0.1) is 0 Å². The number of benzene rings is 2. The van der Waals surface area contributed by atoms with E-state index in [0.717, 1.165) is 16.9 Å². The van der Waals surface area contributed by atoms with Gasteiger partial charge in [0.25, 0.3) is 0 Å². The summed E-state index contributed by atoms with van der Waals surface area (Å²) < 4.78 is 11.3. The fraction of sp³-hybridized carbons (Fsp3) is 0.350. The minimum absolute atomic E-state index is 0.339. The third-order valence-corrected chi connectivity index (χ3v) is 4.04. The lowest BCUT2D eigenvalue weighted by molar-refractivity contribution is -0.166. The van der Waals surface area contributed by atoms with Gasteiger partial charge in [0.1, 0.15) is 12.4 Å². The molecule has 24 heavy (non-hydrogen) atoms. The smallest absolute Gasteiger partial charge is 0.336 e. The molecule has 0 saturated carbocycles. The molecular formula is C20H24O4. The van der Waals surface area contributed by atoms with Gasteiger partial charge >= 0.3 is 5.97 Å². The first-order valence-electron chi connectivity index (χ1n) is 8.22. The zero-order valence-corrected chi connectivity index (χ0v) is 14.2. The molecule has 0 aliphatic rings. The van der Waals surface area contributed by atoms with Crippen LogP contribution < -0.4 is 4.74 Å². The summed E-state index contributed by atoms with van der Waals surface area (Å²) in [5, 5.41) is 9.53. The topological polar surface area (TPSA) is 55.8 Å². The highest BCUT2D eigenvalue weighted by Gasteiger charge is 2.37. The molecule has 0 fully saturated rings. The summed E-state index contributed by atoms with van der Waals surface area (Å²) in [7, 11) is 0. The molecule has 0 spiro atoms. The molecule has 0 aromatic heterocycles. The number of carbonyl (C=O) groups is 1. The Morgan fingerprint density at radius 1 is 1.00 bits per heavy atom. The number of hydrogen-bond acceptors (Lipinski definition) is 3. The summed E-state index contributed by atoms with van der Waals surface area (Å²) in [4.78, 5) is 11.6. The first-order valence-corrected chi connectivity index (χ1v) is 8.22. The van der Waals surface area contributed by atoms with E-state index in [4.69, 9.17) is 9.47 Å². The zero-order valence-electron chi connectivity index (χ0n) is 14.2. The van der Waals surface area contributed by atoms with Gasteiger partial charge in [-0.1, -0.05) is 49.4 Å². The summed E-state index contributed by atoms with van der Waals surface area (Å²) in [6, 6.07) is 17.5. The molecular weight excluding hydrogens is 304 g/mol. The Hall–Kier alpha value is -2.33. The Bertz CT molecular complexity index is 636. The zero-order chi connectivity index (χ0) is 17.4. The summed E-state index contributed by atoms with van der Waals surface area (Å²) >= 11 is 0. The highest BCUT2D eigenvalue weighted by atomic mass is 16.5. The van der Waals surface area contributed by atoms with Gasteiger partial charge in [0, 0.05) is 13.0 Å². The van der Waals surface area contributed by atoms with Crippen molar-refractivity contribution in [3.8, 4) is 5.75 Å². The second-order valence-electron chi connectivity index (χ2n) is 5.68. The predicted octanol–water partition coefficient (Wildman–Crippen LogP) is 4.08. The fourth-order valence-electron chi connectivity index (χ4n) is 2.62. The van der Waals surface area contributed by atoms with Crippen LogP contribution in [0.3, 0.4) is 0 Å². The minimum Gasteiger partial charge on any atom is -0.489 e. The van der Waals surface area contributed by atoms with Crippen LogP contribution in [0.25, 0.3) is 0 Å². The van der Waals surface area contributed by atoms with E-state index in [1.54, 1.807) is 0 Å². The second-order valence-corrected chi connectivity index (χ2v) is 5.68. The van der Waals surface area contributed by atoms with E-state index in [9.17, 15) is 9.90 Å². The van der Waals surface area contributed by atoms with Crippen molar-refractivity contribution in [2.75, 3.05) is 6.61 Å². The molecule has 0 bridgehead atoms. The van der Waals surface area contributed by atoms with Crippen molar-refractivity contribution < 1.29 is 19.4 Å². The van der Waals surface area contributed by atoms with Crippen LogP contribution in [-0.2, 0) is 22.6 Å². The maximum atomic E-state index is 11.6. The molecule has 128 valence electrons. The molecule has 1 atom stereocenters. The van der Waals surface area contributed by atoms with Crippen molar-refractivity contribution in [1.82, 2.24) is 0 Å². The maximum Gasteiger partial charge on any atom is 0.336 e. The van der Waals surface area contributed by atoms with Crippen molar-refractivity contribution >= 4 is 5.97 Å². The number of hydrogen-bond donors (Lipinski definition) is 1. The van der Waals surface area contributed by atoms with E-state index in [-0.39, 0.29) is 0 Å². The van der Waals surface area contributed by atoms with Crippen LogP contribution in [0.1, 0.15) is 31.4 Å². The van der Waals surface area contributed by atoms with Gasteiger partial charge in [-0.05, 0) is 36.6 Å². The molecule has 2 rings (SSSR count). The number of ether oxygens (including phenoxy) is 2. The Balaban J connectivity index is 2.01. The lowest BCUT2D eigenvalue weighted by Crippen LogP contribution is -2.43. The average molecular weight is 328 g/mol. The van der Waals surface area contributed by atoms with Crippen molar-refractivity contribution in [2.24, 2.45) is 0 Å². The lowest BCUT2D eigenvalue weighted by Gasteiger charge is -2.28. The minimum atomic E-state index is -1.17. The summed E-state index contributed by atoms with van der Waals surface area (Å²) in [5.74, 6) is -0.160. The third kappa shape index (κ3) is 4.59. The number of aliphatic carboxylic acids is 1. The molecule has 4 heteroatoms. The molecule has 0 unspecified atom stereocenters. The van der Waals surface area contributed by atoms with Crippen LogP contribution >= 0.6 is 0 Å². The van der Waals surface area contributed by atoms with E-state index in [1.165, 1.54) is 0 Å². The largest absolute Gasteiger partial charge is 0.489 e. The summed E-state index contributed by atoms with van der Waals surface area (Å²) in [6.07, 6.45) is 0.758. The quantitative estimate of drug-likeness (QED) is 0.753. The second kappa shape index (κ2) is 8.50. The van der Waals surface area contributed by atoms with Crippen LogP contribution in [0.15, 0.2) is 54.6 Å². The number of carboxylic acid groups (broad SMARTS) is 1. The fourth-order valence-corrected chi connectivity index (χ4v) is 2.62. The standard InChI is InChI=1S/C20H24O4/c1-3-20(19(21)22,24-4-2)14-16-10-12-18(13-11-16)23-15-17-8-6-5-7-9-17/h5-13H,3-4,14-15H2,1-2H3,(H,21,22)/t20-/m0/s1. The van der Waals surface area contributed by atoms with Crippen molar-refractivity contribution in [1.29, 1.82) is 0 Å². The van der Waals surface area contributed by atoms with E-state index in [2.05, 4.69) is 0 Å². The molecule has 2 aromatic carbocycles. The van der Waals surface area contributed by atoms with Gasteiger partial charge in [-0.3, -0.25) is 0 Å². The number of rotatable bonds is 9. The molecule has 0 aliphatic carbocycles.